The van der Waals surface area contributed by atoms with Gasteiger partial charge in [0.2, 0.25) is 5.91 Å². The predicted molar refractivity (Wildman–Crippen MR) is 84.9 cm³/mol. The van der Waals surface area contributed by atoms with Crippen LogP contribution in [0.2, 0.25) is 0 Å². The van der Waals surface area contributed by atoms with E-state index in [1.807, 2.05) is 0 Å². The molecule has 0 fully saturated rings. The number of aromatic nitrogens is 2. The highest BCUT2D eigenvalue weighted by molar-refractivity contribution is 7.81. The van der Waals surface area contributed by atoms with Gasteiger partial charge in [-0.15, -0.1) is 0 Å². The lowest BCUT2D eigenvalue weighted by Crippen LogP contribution is -2.27. The number of imidazole rings is 1. The maximum absolute atomic E-state index is 12.8. The predicted octanol–water partition coefficient (Wildman–Crippen LogP) is 3.01. The van der Waals surface area contributed by atoms with E-state index in [4.69, 9.17) is 0 Å². The Morgan fingerprint density at radius 3 is 2.52 bits per heavy atom. The second-order valence-electron chi connectivity index (χ2n) is 5.86. The summed E-state index contributed by atoms with van der Waals surface area (Å²) in [5.74, 6) is -1.67. The summed E-state index contributed by atoms with van der Waals surface area (Å²) in [6.07, 6.45) is -2.86. The number of hydrogen-bond acceptors (Lipinski definition) is 5. The first-order valence-corrected chi connectivity index (χ1v) is 9.03. The Labute approximate surface area is 151 Å². The number of fused-ring (bicyclic) bond motifs is 1. The van der Waals surface area contributed by atoms with Crippen LogP contribution in [0.3, 0.4) is 0 Å². The van der Waals surface area contributed by atoms with Crippen LogP contribution >= 0.6 is 0 Å². The van der Waals surface area contributed by atoms with Crippen molar-refractivity contribution < 1.29 is 34.5 Å². The monoisotopic (exact) mass is 407 g/mol. The molecule has 0 saturated heterocycles. The van der Waals surface area contributed by atoms with Crippen LogP contribution < -0.4 is 9.50 Å². The number of benzene rings is 1. The lowest BCUT2D eigenvalue weighted by molar-refractivity contribution is -0.141. The van der Waals surface area contributed by atoms with E-state index in [1.54, 1.807) is 0 Å². The molecule has 1 unspecified atom stereocenters. The van der Waals surface area contributed by atoms with Gasteiger partial charge in [-0.2, -0.15) is 21.6 Å². The molecule has 1 aliphatic heterocycles. The highest BCUT2D eigenvalue weighted by Crippen LogP contribution is 2.34. The molecule has 0 saturated carbocycles. The number of carbonyl (C=O) groups excluding carboxylic acids is 1. The average Bonchev–Trinajstić information content (AvgIpc) is 2.99. The van der Waals surface area contributed by atoms with Crippen molar-refractivity contribution in [2.24, 2.45) is 0 Å². The maximum atomic E-state index is 12.8. The van der Waals surface area contributed by atoms with Gasteiger partial charge in [-0.3, -0.25) is 4.79 Å². The maximum Gasteiger partial charge on any atom is 0.488 e. The van der Waals surface area contributed by atoms with Gasteiger partial charge < -0.3 is 14.1 Å². The molecule has 0 spiro atoms. The summed E-state index contributed by atoms with van der Waals surface area (Å²) in [5.41, 5.74) is -0.811. The zero-order valence-corrected chi connectivity index (χ0v) is 14.3. The van der Waals surface area contributed by atoms with Crippen LogP contribution in [0.5, 0.6) is 5.75 Å². The minimum atomic E-state index is -5.16. The van der Waals surface area contributed by atoms with Crippen molar-refractivity contribution in [2.45, 2.75) is 31.5 Å². The van der Waals surface area contributed by atoms with Crippen LogP contribution in [0.4, 0.5) is 22.7 Å². The summed E-state index contributed by atoms with van der Waals surface area (Å²) in [6.45, 7) is 0.339. The van der Waals surface area contributed by atoms with Gasteiger partial charge in [0, 0.05) is 18.4 Å². The number of rotatable bonds is 4. The van der Waals surface area contributed by atoms with E-state index in [-0.39, 0.29) is 17.3 Å². The van der Waals surface area contributed by atoms with Crippen LogP contribution in [0.25, 0.3) is 0 Å². The topological polar surface area (TPSA) is 90.3 Å². The third-order valence-corrected chi connectivity index (χ3v) is 4.33. The first-order chi connectivity index (χ1) is 12.5. The van der Waals surface area contributed by atoms with Gasteiger partial charge in [0.1, 0.15) is 11.6 Å². The largest absolute Gasteiger partial charge is 0.488 e. The van der Waals surface area contributed by atoms with Crippen molar-refractivity contribution in [2.75, 3.05) is 5.32 Å². The molecule has 1 aromatic carbocycles. The Hall–Kier alpha value is -2.63. The Bertz CT molecular complexity index is 954. The number of nitrogens with zero attached hydrogens (tertiary/aromatic N) is 2. The Balaban J connectivity index is 1.75. The van der Waals surface area contributed by atoms with E-state index in [0.717, 1.165) is 18.3 Å². The molecule has 1 amide bonds. The van der Waals surface area contributed by atoms with Gasteiger partial charge >= 0.3 is 16.7 Å². The normalized spacial score (nSPS) is 17.3. The smallest absolute Gasteiger partial charge is 0.358 e. The summed E-state index contributed by atoms with van der Waals surface area (Å²) in [4.78, 5) is 16.0. The number of amides is 1. The molecule has 1 atom stereocenters. The molecule has 27 heavy (non-hydrogen) atoms. The van der Waals surface area contributed by atoms with Gasteiger partial charge in [-0.25, -0.2) is 4.98 Å². The van der Waals surface area contributed by atoms with Crippen molar-refractivity contribution in [1.82, 2.24) is 9.55 Å². The summed E-state index contributed by atoms with van der Waals surface area (Å²) in [7, 11) is -5.16. The number of halogens is 4. The molecule has 0 aliphatic carbocycles. The van der Waals surface area contributed by atoms with Crippen molar-refractivity contribution in [3.05, 3.63) is 42.0 Å². The first-order valence-electron chi connectivity index (χ1n) is 7.72. The lowest BCUT2D eigenvalue weighted by Gasteiger charge is -2.22. The Kier molecular flexibility index (Phi) is 4.84. The molecule has 1 N–H and O–H groups in total. The SMILES string of the molecule is O=C(Nc1ccc(OS(=O)(=O)F)cc1)C1CCCn2cc(C(F)(F)F)nc21. The van der Waals surface area contributed by atoms with Gasteiger partial charge in [-0.05, 0) is 37.1 Å². The van der Waals surface area contributed by atoms with Gasteiger partial charge in [0.25, 0.3) is 0 Å². The van der Waals surface area contributed by atoms with Crippen LogP contribution in [-0.4, -0.2) is 23.9 Å². The zero-order chi connectivity index (χ0) is 19.8. The molecule has 0 radical (unpaired) electrons. The molecule has 2 heterocycles. The molecule has 146 valence electrons. The number of nitrogens with one attached hydrogen (secondary N) is 1. The molecule has 0 bridgehead atoms. The Morgan fingerprint density at radius 2 is 1.93 bits per heavy atom. The molecule has 1 aromatic heterocycles. The second-order valence-corrected chi connectivity index (χ2v) is 6.81. The fourth-order valence-electron chi connectivity index (χ4n) is 2.81. The summed E-state index contributed by atoms with van der Waals surface area (Å²) in [6, 6.07) is 4.79. The molecule has 3 rings (SSSR count). The van der Waals surface area contributed by atoms with Crippen molar-refractivity contribution >= 4 is 22.1 Å². The van der Waals surface area contributed by atoms with E-state index in [1.165, 1.54) is 16.7 Å². The summed E-state index contributed by atoms with van der Waals surface area (Å²) < 4.78 is 77.2. The fraction of sp³-hybridized carbons (Fsp3) is 0.333. The lowest BCUT2D eigenvalue weighted by atomic mass is 9.98. The molecule has 1 aliphatic rings. The van der Waals surface area contributed by atoms with E-state index in [2.05, 4.69) is 14.5 Å². The summed E-state index contributed by atoms with van der Waals surface area (Å²) >= 11 is 0. The van der Waals surface area contributed by atoms with Crippen LogP contribution in [0.1, 0.15) is 30.3 Å². The Morgan fingerprint density at radius 1 is 1.26 bits per heavy atom. The minimum Gasteiger partial charge on any atom is -0.358 e. The summed E-state index contributed by atoms with van der Waals surface area (Å²) in [5, 5.41) is 2.52. The molecule has 2 aromatic rings. The molecular weight excluding hydrogens is 394 g/mol. The van der Waals surface area contributed by atoms with Crippen LogP contribution in [0, 0.1) is 0 Å². The molecular formula is C15H13F4N3O4S. The van der Waals surface area contributed by atoms with Crippen molar-refractivity contribution in [3.63, 3.8) is 0 Å². The van der Waals surface area contributed by atoms with Crippen molar-refractivity contribution in [3.8, 4) is 5.75 Å². The molecule has 7 nitrogen and oxygen atoms in total. The van der Waals surface area contributed by atoms with E-state index in [9.17, 15) is 30.3 Å². The first kappa shape index (κ1) is 19.1. The molecule has 12 heteroatoms. The van der Waals surface area contributed by atoms with Gasteiger partial charge in [-0.1, -0.05) is 3.89 Å². The fourth-order valence-corrected chi connectivity index (χ4v) is 3.15. The van der Waals surface area contributed by atoms with Crippen LogP contribution in [0.15, 0.2) is 30.5 Å². The number of alkyl halides is 3. The van der Waals surface area contributed by atoms with Gasteiger partial charge in [0.15, 0.2) is 5.69 Å². The number of hydrogen-bond donors (Lipinski definition) is 1. The third kappa shape index (κ3) is 4.56. The van der Waals surface area contributed by atoms with E-state index >= 15 is 0 Å². The second kappa shape index (κ2) is 6.83. The third-order valence-electron chi connectivity index (χ3n) is 3.94. The minimum absolute atomic E-state index is 0.0366. The average molecular weight is 407 g/mol. The quantitative estimate of drug-likeness (QED) is 0.622. The number of anilines is 1. The van der Waals surface area contributed by atoms with Crippen LogP contribution in [-0.2, 0) is 28.0 Å². The van der Waals surface area contributed by atoms with Gasteiger partial charge in [0.05, 0.1) is 5.92 Å². The highest BCUT2D eigenvalue weighted by atomic mass is 32.3. The number of carbonyl (C=O) groups is 1. The van der Waals surface area contributed by atoms with Crippen molar-refractivity contribution in [1.29, 1.82) is 0 Å². The number of aryl methyl sites for hydroxylation is 1. The van der Waals surface area contributed by atoms with E-state index in [0.29, 0.717) is 19.4 Å². The highest BCUT2D eigenvalue weighted by Gasteiger charge is 2.38. The standard InChI is InChI=1S/C15H13F4N3O4S/c16-15(17,18)12-8-22-7-1-2-11(13(22)21-12)14(23)20-9-3-5-10(6-4-9)26-27(19,24)25/h3-6,8,11H,1-2,7H2,(H,20,23). The zero-order valence-electron chi connectivity index (χ0n) is 13.5. The van der Waals surface area contributed by atoms with E-state index < -0.39 is 34.2 Å².